The smallest absolute Gasteiger partial charge is 0.150 e. The monoisotopic (exact) mass is 234 g/mol. The number of piperidine rings is 1. The van der Waals surface area contributed by atoms with Crippen molar-refractivity contribution in [2.45, 2.75) is 38.6 Å². The Bertz CT molecular complexity index is 353. The van der Waals surface area contributed by atoms with Crippen LogP contribution in [0.1, 0.15) is 31.4 Å². The lowest BCUT2D eigenvalue weighted by Crippen LogP contribution is -2.42. The Hall–Kier alpha value is -1.16. The molecule has 1 aromatic heterocycles. The zero-order valence-corrected chi connectivity index (χ0v) is 10.8. The van der Waals surface area contributed by atoms with E-state index in [2.05, 4.69) is 20.2 Å². The molecular weight excluding hydrogens is 212 g/mol. The van der Waals surface area contributed by atoms with Gasteiger partial charge in [-0.2, -0.15) is 0 Å². The molecule has 0 saturated carbocycles. The molecule has 1 aliphatic heterocycles. The molecule has 0 aromatic carbocycles. The highest BCUT2D eigenvalue weighted by atomic mass is 15.2. The summed E-state index contributed by atoms with van der Waals surface area (Å²) in [7, 11) is 2.01. The van der Waals surface area contributed by atoms with Crippen LogP contribution in [0.4, 0.5) is 5.82 Å². The summed E-state index contributed by atoms with van der Waals surface area (Å²) in [6.45, 7) is 4.24. The van der Waals surface area contributed by atoms with Crippen LogP contribution in [0, 0.1) is 6.92 Å². The largest absolute Gasteiger partial charge is 0.352 e. The van der Waals surface area contributed by atoms with Crippen LogP contribution in [0.25, 0.3) is 0 Å². The molecule has 1 saturated heterocycles. The summed E-state index contributed by atoms with van der Waals surface area (Å²) in [6, 6.07) is 0.617. The summed E-state index contributed by atoms with van der Waals surface area (Å²) < 4.78 is 0. The van der Waals surface area contributed by atoms with Crippen molar-refractivity contribution in [3.63, 3.8) is 0 Å². The Balaban J connectivity index is 2.13. The van der Waals surface area contributed by atoms with E-state index in [1.807, 2.05) is 14.0 Å². The van der Waals surface area contributed by atoms with Crippen LogP contribution in [0.2, 0.25) is 0 Å². The number of rotatable bonds is 4. The first-order chi connectivity index (χ1) is 8.33. The molecule has 0 amide bonds. The van der Waals surface area contributed by atoms with Crippen molar-refractivity contribution < 1.29 is 0 Å². The van der Waals surface area contributed by atoms with Crippen LogP contribution in [-0.2, 0) is 0 Å². The number of nitrogens with zero attached hydrogens (tertiary/aromatic N) is 3. The third-order valence-electron chi connectivity index (χ3n) is 3.48. The lowest BCUT2D eigenvalue weighted by atomic mass is 9.99. The molecule has 1 unspecified atom stereocenters. The van der Waals surface area contributed by atoms with Crippen molar-refractivity contribution in [1.29, 1.82) is 0 Å². The SMILES string of the molecule is CNCCC1CCCCN1c1nccnc1C. The number of aryl methyl sites for hydroxylation is 1. The normalized spacial score (nSPS) is 20.6. The first-order valence-electron chi connectivity index (χ1n) is 6.52. The van der Waals surface area contributed by atoms with Gasteiger partial charge in [-0.3, -0.25) is 4.98 Å². The third kappa shape index (κ3) is 2.94. The van der Waals surface area contributed by atoms with E-state index < -0.39 is 0 Å². The topological polar surface area (TPSA) is 41.0 Å². The highest BCUT2D eigenvalue weighted by molar-refractivity contribution is 5.43. The molecule has 1 atom stereocenters. The minimum atomic E-state index is 0.617. The van der Waals surface area contributed by atoms with Gasteiger partial charge in [-0.15, -0.1) is 0 Å². The van der Waals surface area contributed by atoms with Gasteiger partial charge in [0.25, 0.3) is 0 Å². The van der Waals surface area contributed by atoms with Gasteiger partial charge >= 0.3 is 0 Å². The van der Waals surface area contributed by atoms with Gasteiger partial charge in [0.2, 0.25) is 0 Å². The summed E-state index contributed by atoms with van der Waals surface area (Å²) in [5.41, 5.74) is 1.05. The van der Waals surface area contributed by atoms with Crippen LogP contribution < -0.4 is 10.2 Å². The maximum atomic E-state index is 4.50. The van der Waals surface area contributed by atoms with Crippen LogP contribution in [0.5, 0.6) is 0 Å². The second-order valence-electron chi connectivity index (χ2n) is 4.70. The van der Waals surface area contributed by atoms with Crippen LogP contribution in [0.15, 0.2) is 12.4 Å². The molecule has 0 aliphatic carbocycles. The fourth-order valence-electron chi connectivity index (χ4n) is 2.57. The standard InChI is InChI=1S/C13H22N4/c1-11-13(16-9-8-15-11)17-10-4-3-5-12(17)6-7-14-2/h8-9,12,14H,3-7,10H2,1-2H3. The van der Waals surface area contributed by atoms with E-state index in [1.54, 1.807) is 12.4 Å². The Morgan fingerprint density at radius 3 is 2.94 bits per heavy atom. The second kappa shape index (κ2) is 5.96. The molecule has 2 rings (SSSR count). The first-order valence-corrected chi connectivity index (χ1v) is 6.52. The lowest BCUT2D eigenvalue weighted by molar-refractivity contribution is 0.429. The van der Waals surface area contributed by atoms with Gasteiger partial charge in [-0.25, -0.2) is 4.98 Å². The van der Waals surface area contributed by atoms with Crippen molar-refractivity contribution in [2.75, 3.05) is 25.0 Å². The highest BCUT2D eigenvalue weighted by Gasteiger charge is 2.24. The zero-order chi connectivity index (χ0) is 12.1. The lowest BCUT2D eigenvalue weighted by Gasteiger charge is -2.37. The Morgan fingerprint density at radius 1 is 1.35 bits per heavy atom. The molecule has 0 spiro atoms. The fraction of sp³-hybridized carbons (Fsp3) is 0.692. The maximum Gasteiger partial charge on any atom is 0.150 e. The van der Waals surface area contributed by atoms with E-state index in [0.717, 1.165) is 24.6 Å². The number of aromatic nitrogens is 2. The molecule has 2 heterocycles. The summed E-state index contributed by atoms with van der Waals surface area (Å²) in [6.07, 6.45) is 8.64. The van der Waals surface area contributed by atoms with Crippen molar-refractivity contribution >= 4 is 5.82 Å². The number of hydrogen-bond acceptors (Lipinski definition) is 4. The summed E-state index contributed by atoms with van der Waals surface area (Å²) in [5, 5.41) is 3.24. The quantitative estimate of drug-likeness (QED) is 0.862. The van der Waals surface area contributed by atoms with Gasteiger partial charge in [-0.05, 0) is 46.2 Å². The maximum absolute atomic E-state index is 4.50. The van der Waals surface area contributed by atoms with Gasteiger partial charge < -0.3 is 10.2 Å². The second-order valence-corrected chi connectivity index (χ2v) is 4.70. The van der Waals surface area contributed by atoms with E-state index in [0.29, 0.717) is 6.04 Å². The predicted molar refractivity (Wildman–Crippen MR) is 70.3 cm³/mol. The van der Waals surface area contributed by atoms with Gasteiger partial charge in [-0.1, -0.05) is 0 Å². The van der Waals surface area contributed by atoms with Gasteiger partial charge in [0.1, 0.15) is 5.82 Å². The van der Waals surface area contributed by atoms with Crippen LogP contribution in [0.3, 0.4) is 0 Å². The summed E-state index contributed by atoms with van der Waals surface area (Å²) >= 11 is 0. The van der Waals surface area contributed by atoms with Gasteiger partial charge in [0, 0.05) is 25.0 Å². The Morgan fingerprint density at radius 2 is 2.18 bits per heavy atom. The first kappa shape index (κ1) is 12.3. The molecule has 1 fully saturated rings. The van der Waals surface area contributed by atoms with Crippen LogP contribution >= 0.6 is 0 Å². The Kier molecular flexibility index (Phi) is 4.31. The van der Waals surface area contributed by atoms with E-state index in [1.165, 1.54) is 25.7 Å². The van der Waals surface area contributed by atoms with E-state index in [-0.39, 0.29) is 0 Å². The summed E-state index contributed by atoms with van der Waals surface area (Å²) in [4.78, 5) is 11.3. The number of nitrogens with one attached hydrogen (secondary N) is 1. The molecule has 4 heteroatoms. The molecular formula is C13H22N4. The molecule has 94 valence electrons. The van der Waals surface area contributed by atoms with Crippen LogP contribution in [-0.4, -0.2) is 36.1 Å². The van der Waals surface area contributed by atoms with Crippen molar-refractivity contribution in [3.05, 3.63) is 18.1 Å². The molecule has 0 radical (unpaired) electrons. The van der Waals surface area contributed by atoms with Gasteiger partial charge in [0.05, 0.1) is 5.69 Å². The average Bonchev–Trinajstić information content (AvgIpc) is 2.37. The fourth-order valence-corrected chi connectivity index (χ4v) is 2.57. The van der Waals surface area contributed by atoms with Gasteiger partial charge in [0.15, 0.2) is 0 Å². The molecule has 17 heavy (non-hydrogen) atoms. The minimum absolute atomic E-state index is 0.617. The van der Waals surface area contributed by atoms with E-state index in [4.69, 9.17) is 0 Å². The number of anilines is 1. The molecule has 4 nitrogen and oxygen atoms in total. The molecule has 1 N–H and O–H groups in total. The highest BCUT2D eigenvalue weighted by Crippen LogP contribution is 2.26. The molecule has 1 aliphatic rings. The third-order valence-corrected chi connectivity index (χ3v) is 3.48. The summed E-state index contributed by atoms with van der Waals surface area (Å²) in [5.74, 6) is 1.08. The van der Waals surface area contributed by atoms with Crippen molar-refractivity contribution in [3.8, 4) is 0 Å². The minimum Gasteiger partial charge on any atom is -0.352 e. The van der Waals surface area contributed by atoms with Crippen molar-refractivity contribution in [1.82, 2.24) is 15.3 Å². The molecule has 0 bridgehead atoms. The zero-order valence-electron chi connectivity index (χ0n) is 10.8. The van der Waals surface area contributed by atoms with E-state index >= 15 is 0 Å². The van der Waals surface area contributed by atoms with Crippen molar-refractivity contribution in [2.24, 2.45) is 0 Å². The van der Waals surface area contributed by atoms with E-state index in [9.17, 15) is 0 Å². The predicted octanol–water partition coefficient (Wildman–Crippen LogP) is 1.75. The molecule has 1 aromatic rings. The Labute approximate surface area is 103 Å². The average molecular weight is 234 g/mol. The number of hydrogen-bond donors (Lipinski definition) is 1.